The van der Waals surface area contributed by atoms with E-state index in [0.29, 0.717) is 23.9 Å². The van der Waals surface area contributed by atoms with Gasteiger partial charge in [0.1, 0.15) is 0 Å². The molecule has 24 heavy (non-hydrogen) atoms. The Hall–Kier alpha value is -0.870. The van der Waals surface area contributed by atoms with Gasteiger partial charge >= 0.3 is 0 Å². The number of hydrogen-bond donors (Lipinski definition) is 0. The van der Waals surface area contributed by atoms with Crippen LogP contribution in [-0.2, 0) is 16.4 Å². The van der Waals surface area contributed by atoms with Gasteiger partial charge in [0.05, 0.1) is 4.90 Å². The molecule has 0 aliphatic carbocycles. The molecule has 1 aromatic rings. The summed E-state index contributed by atoms with van der Waals surface area (Å²) in [5.74, 6) is 0.576. The van der Waals surface area contributed by atoms with E-state index in [1.807, 2.05) is 12.1 Å². The second-order valence-corrected chi connectivity index (χ2v) is 9.00. The molecule has 0 aliphatic heterocycles. The van der Waals surface area contributed by atoms with Crippen LogP contribution in [0.25, 0.3) is 0 Å². The average Bonchev–Trinajstić information content (AvgIpc) is 2.53. The Morgan fingerprint density at radius 1 is 0.875 bits per heavy atom. The smallest absolute Gasteiger partial charge is 0.207 e. The van der Waals surface area contributed by atoms with Gasteiger partial charge in [-0.15, -0.1) is 0 Å². The van der Waals surface area contributed by atoms with E-state index in [1.165, 1.54) is 5.56 Å². The molecule has 0 heterocycles. The molecule has 0 radical (unpaired) electrons. The van der Waals surface area contributed by atoms with Crippen LogP contribution in [0.4, 0.5) is 0 Å². The lowest BCUT2D eigenvalue weighted by Crippen LogP contribution is -2.33. The van der Waals surface area contributed by atoms with Gasteiger partial charge in [0.2, 0.25) is 10.0 Å². The molecule has 1 rings (SSSR count). The van der Waals surface area contributed by atoms with Crippen molar-refractivity contribution in [3.63, 3.8) is 0 Å². The first kappa shape index (κ1) is 21.2. The van der Waals surface area contributed by atoms with Crippen molar-refractivity contribution in [2.24, 2.45) is 5.92 Å². The topological polar surface area (TPSA) is 37.4 Å². The fraction of sp³-hybridized carbons (Fsp3) is 0.700. The molecule has 1 aromatic carbocycles. The van der Waals surface area contributed by atoms with E-state index in [2.05, 4.69) is 27.7 Å². The molecule has 0 saturated heterocycles. The number of nitrogens with zero attached hydrogens (tertiary/aromatic N) is 1. The maximum Gasteiger partial charge on any atom is 0.243 e. The first-order chi connectivity index (χ1) is 11.4. The normalized spacial score (nSPS) is 12.2. The predicted octanol–water partition coefficient (Wildman–Crippen LogP) is 5.26. The monoisotopic (exact) mass is 353 g/mol. The van der Waals surface area contributed by atoms with Crippen molar-refractivity contribution in [1.82, 2.24) is 4.31 Å². The third-order valence-corrected chi connectivity index (χ3v) is 6.14. The fourth-order valence-electron chi connectivity index (χ4n) is 2.85. The van der Waals surface area contributed by atoms with Crippen LogP contribution < -0.4 is 0 Å². The summed E-state index contributed by atoms with van der Waals surface area (Å²) in [6, 6.07) is 7.48. The zero-order valence-corrected chi connectivity index (χ0v) is 16.7. The van der Waals surface area contributed by atoms with E-state index in [0.717, 1.165) is 44.9 Å². The summed E-state index contributed by atoms with van der Waals surface area (Å²) in [6.07, 6.45) is 7.22. The van der Waals surface area contributed by atoms with E-state index in [4.69, 9.17) is 0 Å². The van der Waals surface area contributed by atoms with Crippen LogP contribution in [0.3, 0.4) is 0 Å². The Bertz CT molecular complexity index is 540. The highest BCUT2D eigenvalue weighted by atomic mass is 32.2. The van der Waals surface area contributed by atoms with E-state index in [9.17, 15) is 8.42 Å². The standard InChI is InChI=1S/C20H35NO2S/c1-5-7-9-15-21(16-10-8-6-2)24(22,23)20-13-11-19(12-14-20)17-18(3)4/h11-14,18H,5-10,15-17H2,1-4H3. The van der Waals surface area contributed by atoms with Gasteiger partial charge < -0.3 is 0 Å². The lowest BCUT2D eigenvalue weighted by Gasteiger charge is -2.22. The van der Waals surface area contributed by atoms with Crippen LogP contribution in [0.15, 0.2) is 29.2 Å². The molecule has 0 aliphatic rings. The van der Waals surface area contributed by atoms with Crippen molar-refractivity contribution >= 4 is 10.0 Å². The number of rotatable bonds is 12. The zero-order valence-electron chi connectivity index (χ0n) is 15.9. The first-order valence-corrected chi connectivity index (χ1v) is 10.9. The molecule has 0 amide bonds. The molecule has 138 valence electrons. The highest BCUT2D eigenvalue weighted by Crippen LogP contribution is 2.19. The number of hydrogen-bond acceptors (Lipinski definition) is 2. The van der Waals surface area contributed by atoms with E-state index in [1.54, 1.807) is 16.4 Å². The van der Waals surface area contributed by atoms with Crippen molar-refractivity contribution in [3.05, 3.63) is 29.8 Å². The van der Waals surface area contributed by atoms with Gasteiger partial charge in [-0.05, 0) is 42.9 Å². The summed E-state index contributed by atoms with van der Waals surface area (Å²) in [6.45, 7) is 9.90. The second kappa shape index (κ2) is 10.9. The Morgan fingerprint density at radius 2 is 1.38 bits per heavy atom. The molecule has 0 aromatic heterocycles. The van der Waals surface area contributed by atoms with Gasteiger partial charge in [-0.3, -0.25) is 0 Å². The summed E-state index contributed by atoms with van der Waals surface area (Å²) in [4.78, 5) is 0.433. The van der Waals surface area contributed by atoms with Gasteiger partial charge in [-0.25, -0.2) is 8.42 Å². The minimum atomic E-state index is -3.37. The van der Waals surface area contributed by atoms with Gasteiger partial charge in [0, 0.05) is 13.1 Å². The maximum absolute atomic E-state index is 13.0. The van der Waals surface area contributed by atoms with Crippen LogP contribution >= 0.6 is 0 Å². The van der Waals surface area contributed by atoms with Crippen molar-refractivity contribution in [3.8, 4) is 0 Å². The Balaban J connectivity index is 2.87. The molecule has 0 fully saturated rings. The molecule has 0 spiro atoms. The van der Waals surface area contributed by atoms with Crippen molar-refractivity contribution in [2.45, 2.75) is 77.5 Å². The molecular formula is C20H35NO2S. The Morgan fingerprint density at radius 3 is 1.79 bits per heavy atom. The van der Waals surface area contributed by atoms with E-state index in [-0.39, 0.29) is 0 Å². The fourth-order valence-corrected chi connectivity index (χ4v) is 4.36. The predicted molar refractivity (Wildman–Crippen MR) is 103 cm³/mol. The van der Waals surface area contributed by atoms with Gasteiger partial charge in [-0.2, -0.15) is 4.31 Å². The number of benzene rings is 1. The Labute approximate surface area is 149 Å². The average molecular weight is 354 g/mol. The lowest BCUT2D eigenvalue weighted by molar-refractivity contribution is 0.388. The summed E-state index contributed by atoms with van der Waals surface area (Å²) < 4.78 is 27.7. The molecule has 0 atom stereocenters. The minimum absolute atomic E-state index is 0.433. The van der Waals surface area contributed by atoms with Crippen molar-refractivity contribution in [1.29, 1.82) is 0 Å². The van der Waals surface area contributed by atoms with E-state index < -0.39 is 10.0 Å². The SMILES string of the molecule is CCCCCN(CCCCC)S(=O)(=O)c1ccc(CC(C)C)cc1. The first-order valence-electron chi connectivity index (χ1n) is 9.50. The van der Waals surface area contributed by atoms with Crippen LogP contribution in [0.2, 0.25) is 0 Å². The lowest BCUT2D eigenvalue weighted by atomic mass is 10.0. The third-order valence-electron chi connectivity index (χ3n) is 4.23. The van der Waals surface area contributed by atoms with Gasteiger partial charge in [0.15, 0.2) is 0 Å². The largest absolute Gasteiger partial charge is 0.243 e. The van der Waals surface area contributed by atoms with Gasteiger partial charge in [0.25, 0.3) is 0 Å². The highest BCUT2D eigenvalue weighted by molar-refractivity contribution is 7.89. The van der Waals surface area contributed by atoms with Crippen LogP contribution in [0.1, 0.15) is 71.8 Å². The summed E-state index contributed by atoms with van der Waals surface area (Å²) in [7, 11) is -3.37. The number of sulfonamides is 1. The Kier molecular flexibility index (Phi) is 9.60. The molecular weight excluding hydrogens is 318 g/mol. The molecule has 3 nitrogen and oxygen atoms in total. The third kappa shape index (κ3) is 6.94. The van der Waals surface area contributed by atoms with Gasteiger partial charge in [-0.1, -0.05) is 65.5 Å². The molecule has 0 bridgehead atoms. The summed E-state index contributed by atoms with van der Waals surface area (Å²) in [5, 5.41) is 0. The van der Waals surface area contributed by atoms with Crippen molar-refractivity contribution in [2.75, 3.05) is 13.1 Å². The van der Waals surface area contributed by atoms with Crippen molar-refractivity contribution < 1.29 is 8.42 Å². The highest BCUT2D eigenvalue weighted by Gasteiger charge is 2.23. The van der Waals surface area contributed by atoms with Crippen LogP contribution in [0, 0.1) is 5.92 Å². The number of unbranched alkanes of at least 4 members (excludes halogenated alkanes) is 4. The maximum atomic E-state index is 13.0. The molecule has 4 heteroatoms. The summed E-state index contributed by atoms with van der Waals surface area (Å²) >= 11 is 0. The van der Waals surface area contributed by atoms with Crippen LogP contribution in [0.5, 0.6) is 0 Å². The van der Waals surface area contributed by atoms with E-state index >= 15 is 0 Å². The quantitative estimate of drug-likeness (QED) is 0.481. The second-order valence-electron chi connectivity index (χ2n) is 7.06. The van der Waals surface area contributed by atoms with Crippen LogP contribution in [-0.4, -0.2) is 25.8 Å². The zero-order chi connectivity index (χ0) is 18.0. The molecule has 0 saturated carbocycles. The summed E-state index contributed by atoms with van der Waals surface area (Å²) in [5.41, 5.74) is 1.20. The molecule has 0 unspecified atom stereocenters. The minimum Gasteiger partial charge on any atom is -0.207 e. The molecule has 0 N–H and O–H groups in total.